The van der Waals surface area contributed by atoms with Gasteiger partial charge in [0, 0.05) is 12.7 Å². The van der Waals surface area contributed by atoms with E-state index in [1.54, 1.807) is 0 Å². The Morgan fingerprint density at radius 3 is 2.63 bits per heavy atom. The first-order valence-corrected chi connectivity index (χ1v) is 6.27. The number of hydrogen-bond donors (Lipinski definition) is 1. The first kappa shape index (κ1) is 14.1. The zero-order chi connectivity index (χ0) is 14.0. The van der Waals surface area contributed by atoms with Gasteiger partial charge < -0.3 is 5.32 Å². The summed E-state index contributed by atoms with van der Waals surface area (Å²) in [7, 11) is 0. The van der Waals surface area contributed by atoms with Crippen LogP contribution in [0, 0.1) is 5.92 Å². The number of rotatable bonds is 4. The van der Waals surface area contributed by atoms with Gasteiger partial charge in [0.15, 0.2) is 0 Å². The summed E-state index contributed by atoms with van der Waals surface area (Å²) in [6.07, 6.45) is -1.69. The van der Waals surface area contributed by atoms with E-state index in [1.807, 2.05) is 0 Å². The van der Waals surface area contributed by atoms with Crippen LogP contribution in [0.4, 0.5) is 13.2 Å². The van der Waals surface area contributed by atoms with Gasteiger partial charge in [0.25, 0.3) is 5.91 Å². The molecule has 0 aromatic carbocycles. The van der Waals surface area contributed by atoms with Crippen molar-refractivity contribution < 1.29 is 18.0 Å². The number of alkyl halides is 4. The predicted molar refractivity (Wildman–Crippen MR) is 63.9 cm³/mol. The lowest BCUT2D eigenvalue weighted by molar-refractivity contribution is -0.137. The molecule has 1 unspecified atom stereocenters. The van der Waals surface area contributed by atoms with Crippen LogP contribution in [-0.2, 0) is 6.18 Å². The normalized spacial score (nSPS) is 17.1. The van der Waals surface area contributed by atoms with Gasteiger partial charge >= 0.3 is 6.18 Å². The number of amides is 1. The summed E-state index contributed by atoms with van der Waals surface area (Å²) >= 11 is 6.01. The molecule has 1 fully saturated rings. The Kier molecular flexibility index (Phi) is 3.99. The van der Waals surface area contributed by atoms with Crippen molar-refractivity contribution in [3.8, 4) is 0 Å². The molecule has 7 heteroatoms. The number of nitrogens with one attached hydrogen (secondary N) is 1. The first-order valence-electron chi connectivity index (χ1n) is 5.83. The highest BCUT2D eigenvalue weighted by molar-refractivity contribution is 6.21. The van der Waals surface area contributed by atoms with E-state index >= 15 is 0 Å². The van der Waals surface area contributed by atoms with Gasteiger partial charge in [-0.3, -0.25) is 9.78 Å². The summed E-state index contributed by atoms with van der Waals surface area (Å²) in [5, 5.41) is 2.44. The van der Waals surface area contributed by atoms with E-state index in [0.717, 1.165) is 25.0 Å². The van der Waals surface area contributed by atoms with Gasteiger partial charge in [0.05, 0.1) is 10.9 Å². The molecule has 0 aliphatic heterocycles. The van der Waals surface area contributed by atoms with E-state index in [2.05, 4.69) is 10.3 Å². The second kappa shape index (κ2) is 5.36. The smallest absolute Gasteiger partial charge is 0.349 e. The average molecular weight is 293 g/mol. The number of aromatic nitrogens is 1. The van der Waals surface area contributed by atoms with Gasteiger partial charge in [-0.2, -0.15) is 13.2 Å². The maximum Gasteiger partial charge on any atom is 0.417 e. The fourth-order valence-electron chi connectivity index (χ4n) is 1.60. The average Bonchev–Trinajstić information content (AvgIpc) is 3.19. The summed E-state index contributed by atoms with van der Waals surface area (Å²) in [6, 6.07) is 1.89. The Bertz CT molecular complexity index is 457. The van der Waals surface area contributed by atoms with Crippen LogP contribution in [-0.4, -0.2) is 22.8 Å². The molecule has 1 heterocycles. The molecule has 1 saturated carbocycles. The van der Waals surface area contributed by atoms with E-state index in [9.17, 15) is 18.0 Å². The molecule has 1 aromatic heterocycles. The van der Waals surface area contributed by atoms with Gasteiger partial charge in [0.2, 0.25) is 0 Å². The second-order valence-electron chi connectivity index (χ2n) is 4.49. The Labute approximate surface area is 113 Å². The quantitative estimate of drug-likeness (QED) is 0.867. The maximum absolute atomic E-state index is 12.3. The third kappa shape index (κ3) is 3.83. The first-order chi connectivity index (χ1) is 8.88. The van der Waals surface area contributed by atoms with Crippen molar-refractivity contribution in [3.63, 3.8) is 0 Å². The fraction of sp³-hybridized carbons (Fsp3) is 0.500. The maximum atomic E-state index is 12.3. The van der Waals surface area contributed by atoms with E-state index in [4.69, 9.17) is 11.6 Å². The van der Waals surface area contributed by atoms with Crippen LogP contribution in [0.1, 0.15) is 28.9 Å². The number of halogens is 4. The Morgan fingerprint density at radius 2 is 2.16 bits per heavy atom. The van der Waals surface area contributed by atoms with Gasteiger partial charge in [-0.25, -0.2) is 0 Å². The highest BCUT2D eigenvalue weighted by atomic mass is 35.5. The van der Waals surface area contributed by atoms with Crippen molar-refractivity contribution in [2.75, 3.05) is 6.54 Å². The number of pyridine rings is 1. The van der Waals surface area contributed by atoms with E-state index < -0.39 is 17.6 Å². The Hall–Kier alpha value is -1.30. The van der Waals surface area contributed by atoms with E-state index in [-0.39, 0.29) is 11.1 Å². The molecule has 104 valence electrons. The monoisotopic (exact) mass is 292 g/mol. The summed E-state index contributed by atoms with van der Waals surface area (Å²) in [5.41, 5.74) is -0.926. The van der Waals surface area contributed by atoms with Gasteiger partial charge in [-0.1, -0.05) is 0 Å². The van der Waals surface area contributed by atoms with Crippen molar-refractivity contribution in [1.29, 1.82) is 0 Å². The number of carbonyl (C=O) groups is 1. The van der Waals surface area contributed by atoms with Crippen LogP contribution in [0.15, 0.2) is 18.3 Å². The molecule has 1 aromatic rings. The van der Waals surface area contributed by atoms with Crippen molar-refractivity contribution >= 4 is 17.5 Å². The van der Waals surface area contributed by atoms with Crippen LogP contribution in [0.2, 0.25) is 0 Å². The summed E-state index contributed by atoms with van der Waals surface area (Å²) in [5.74, 6) is -0.0810. The van der Waals surface area contributed by atoms with Gasteiger partial charge in [-0.05, 0) is 30.9 Å². The van der Waals surface area contributed by atoms with Gasteiger partial charge in [0.1, 0.15) is 5.69 Å². The summed E-state index contributed by atoms with van der Waals surface area (Å²) in [4.78, 5) is 15.1. The van der Waals surface area contributed by atoms with Crippen LogP contribution >= 0.6 is 11.6 Å². The van der Waals surface area contributed by atoms with Crippen LogP contribution in [0.5, 0.6) is 0 Å². The zero-order valence-corrected chi connectivity index (χ0v) is 10.6. The van der Waals surface area contributed by atoms with Crippen molar-refractivity contribution in [2.45, 2.75) is 24.4 Å². The van der Waals surface area contributed by atoms with E-state index in [0.29, 0.717) is 18.7 Å². The topological polar surface area (TPSA) is 42.0 Å². The van der Waals surface area contributed by atoms with E-state index in [1.165, 1.54) is 0 Å². The number of hydrogen-bond acceptors (Lipinski definition) is 2. The molecule has 1 aliphatic rings. The van der Waals surface area contributed by atoms with Crippen molar-refractivity contribution in [2.24, 2.45) is 5.92 Å². The lowest BCUT2D eigenvalue weighted by atomic mass is 10.2. The minimum atomic E-state index is -4.45. The Morgan fingerprint density at radius 1 is 1.47 bits per heavy atom. The molecule has 2 rings (SSSR count). The lowest BCUT2D eigenvalue weighted by Gasteiger charge is -2.10. The molecule has 1 amide bonds. The molecule has 3 nitrogen and oxygen atoms in total. The predicted octanol–water partition coefficient (Wildman–Crippen LogP) is 2.85. The van der Waals surface area contributed by atoms with Crippen LogP contribution < -0.4 is 5.32 Å². The molecule has 1 N–H and O–H groups in total. The van der Waals surface area contributed by atoms with Crippen LogP contribution in [0.3, 0.4) is 0 Å². The highest BCUT2D eigenvalue weighted by Crippen LogP contribution is 2.35. The summed E-state index contributed by atoms with van der Waals surface area (Å²) < 4.78 is 36.9. The molecular weight excluding hydrogens is 281 g/mol. The molecule has 0 radical (unpaired) electrons. The summed E-state index contributed by atoms with van der Waals surface area (Å²) in [6.45, 7) is 0.299. The standard InChI is InChI=1S/C12H12ClF3N2O/c13-9(7-1-2-7)6-18-11(19)10-4-3-8(5-17-10)12(14,15)16/h3-5,7,9H,1-2,6H2,(H,18,19). The molecule has 0 bridgehead atoms. The highest BCUT2D eigenvalue weighted by Gasteiger charge is 2.31. The molecule has 1 atom stereocenters. The Balaban J connectivity index is 1.91. The minimum absolute atomic E-state index is 0.0485. The molecular formula is C12H12ClF3N2O. The SMILES string of the molecule is O=C(NCC(Cl)C1CC1)c1ccc(C(F)(F)F)cn1. The molecule has 19 heavy (non-hydrogen) atoms. The van der Waals surface area contributed by atoms with Crippen LogP contribution in [0.25, 0.3) is 0 Å². The zero-order valence-electron chi connectivity index (χ0n) is 9.88. The third-order valence-corrected chi connectivity index (χ3v) is 3.43. The molecule has 0 saturated heterocycles. The number of nitrogens with zero attached hydrogens (tertiary/aromatic N) is 1. The molecule has 1 aliphatic carbocycles. The third-order valence-electron chi connectivity index (χ3n) is 2.91. The minimum Gasteiger partial charge on any atom is -0.349 e. The molecule has 0 spiro atoms. The number of carbonyl (C=O) groups excluding carboxylic acids is 1. The van der Waals surface area contributed by atoms with Crippen molar-refractivity contribution in [1.82, 2.24) is 10.3 Å². The van der Waals surface area contributed by atoms with Crippen molar-refractivity contribution in [3.05, 3.63) is 29.6 Å². The van der Waals surface area contributed by atoms with Gasteiger partial charge in [-0.15, -0.1) is 11.6 Å². The lowest BCUT2D eigenvalue weighted by Crippen LogP contribution is -2.31. The second-order valence-corrected chi connectivity index (χ2v) is 5.05. The largest absolute Gasteiger partial charge is 0.417 e. The fourth-order valence-corrected chi connectivity index (χ4v) is 1.93.